The summed E-state index contributed by atoms with van der Waals surface area (Å²) in [6.45, 7) is 9.74. The van der Waals surface area contributed by atoms with Gasteiger partial charge in [-0.25, -0.2) is 4.98 Å². The fourth-order valence-corrected chi connectivity index (χ4v) is 4.25. The molecule has 0 amide bonds. The number of nitrogens with two attached hydrogens (primary N) is 1. The predicted molar refractivity (Wildman–Crippen MR) is 85.9 cm³/mol. The molecule has 0 unspecified atom stereocenters. The molecule has 1 aromatic heterocycles. The van der Waals surface area contributed by atoms with Crippen LogP contribution in [0.15, 0.2) is 10.9 Å². The van der Waals surface area contributed by atoms with E-state index in [1.165, 1.54) is 10.6 Å². The highest BCUT2D eigenvalue weighted by Gasteiger charge is 2.16. The minimum Gasteiger partial charge on any atom is -0.375 e. The molecule has 5 nitrogen and oxygen atoms in total. The molecule has 1 rings (SSSR count). The van der Waals surface area contributed by atoms with Crippen LogP contribution in [0, 0.1) is 0 Å². The number of ether oxygens (including phenoxy) is 1. The van der Waals surface area contributed by atoms with E-state index in [4.69, 9.17) is 22.1 Å². The van der Waals surface area contributed by atoms with E-state index in [2.05, 4.69) is 32.7 Å². The summed E-state index contributed by atoms with van der Waals surface area (Å²) >= 11 is 5.66. The number of aromatic nitrogens is 2. The topological polar surface area (TPSA) is 70.1 Å². The molecular formula is C13H23ClN3O2P. The van der Waals surface area contributed by atoms with Crippen LogP contribution < -0.4 is 11.3 Å². The van der Waals surface area contributed by atoms with Gasteiger partial charge in [0, 0.05) is 6.07 Å². The molecule has 20 heavy (non-hydrogen) atoms. The maximum absolute atomic E-state index is 11.7. The highest BCUT2D eigenvalue weighted by molar-refractivity contribution is 7.58. The van der Waals surface area contributed by atoms with Crippen molar-refractivity contribution in [3.63, 3.8) is 0 Å². The third-order valence-electron chi connectivity index (χ3n) is 3.03. The average molecular weight is 320 g/mol. The quantitative estimate of drug-likeness (QED) is 0.476. The van der Waals surface area contributed by atoms with E-state index in [1.54, 1.807) is 0 Å². The van der Waals surface area contributed by atoms with Gasteiger partial charge in [0.25, 0.3) is 5.56 Å². The van der Waals surface area contributed by atoms with Gasteiger partial charge in [-0.3, -0.25) is 9.36 Å². The number of rotatable bonds is 7. The van der Waals surface area contributed by atoms with Crippen LogP contribution in [0.4, 0.5) is 5.95 Å². The van der Waals surface area contributed by atoms with Gasteiger partial charge >= 0.3 is 0 Å². The number of hydrogen-bond donors (Lipinski definition) is 1. The molecule has 0 fully saturated rings. The molecule has 114 valence electrons. The Balaban J connectivity index is 2.51. The highest BCUT2D eigenvalue weighted by atomic mass is 35.5. The van der Waals surface area contributed by atoms with Crippen LogP contribution in [-0.2, 0) is 11.3 Å². The second-order valence-electron chi connectivity index (χ2n) is 5.17. The lowest BCUT2D eigenvalue weighted by atomic mass is 10.5. The summed E-state index contributed by atoms with van der Waals surface area (Å²) in [5, 5.41) is 0.118. The predicted octanol–water partition coefficient (Wildman–Crippen LogP) is 2.75. The minimum absolute atomic E-state index is 0.118. The van der Waals surface area contributed by atoms with Crippen molar-refractivity contribution in [3.05, 3.63) is 21.6 Å². The van der Waals surface area contributed by atoms with E-state index in [0.717, 1.165) is 6.35 Å². The zero-order chi connectivity index (χ0) is 15.3. The van der Waals surface area contributed by atoms with Crippen molar-refractivity contribution in [1.82, 2.24) is 9.55 Å². The number of hydrogen-bond acceptors (Lipinski definition) is 4. The van der Waals surface area contributed by atoms with Crippen LogP contribution in [-0.4, -0.2) is 33.8 Å². The molecule has 2 N–H and O–H groups in total. The summed E-state index contributed by atoms with van der Waals surface area (Å²) in [6.07, 6.45) is 0.750. The monoisotopic (exact) mass is 319 g/mol. The van der Waals surface area contributed by atoms with E-state index in [-0.39, 0.29) is 24.6 Å². The first kappa shape index (κ1) is 17.4. The second-order valence-corrected chi connectivity index (χ2v) is 8.91. The lowest BCUT2D eigenvalue weighted by molar-refractivity contribution is 0.168. The first-order chi connectivity index (χ1) is 9.32. The second kappa shape index (κ2) is 7.96. The normalized spacial score (nSPS) is 11.8. The fraction of sp³-hybridized carbons (Fsp3) is 0.692. The van der Waals surface area contributed by atoms with Crippen molar-refractivity contribution in [2.75, 3.05) is 18.7 Å². The summed E-state index contributed by atoms with van der Waals surface area (Å²) in [4.78, 5) is 15.6. The van der Waals surface area contributed by atoms with Gasteiger partial charge in [-0.05, 0) is 11.3 Å². The summed E-state index contributed by atoms with van der Waals surface area (Å²) in [5.74, 6) is 0.126. The van der Waals surface area contributed by atoms with Gasteiger partial charge in [-0.1, -0.05) is 47.2 Å². The number of nitrogen functional groups attached to an aromatic ring is 1. The van der Waals surface area contributed by atoms with E-state index >= 15 is 0 Å². The third-order valence-corrected chi connectivity index (χ3v) is 6.36. The molecule has 0 saturated carbocycles. The molecule has 0 bridgehead atoms. The number of nitrogens with zero attached hydrogens (tertiary/aromatic N) is 2. The minimum atomic E-state index is -0.249. The van der Waals surface area contributed by atoms with Crippen molar-refractivity contribution >= 4 is 25.5 Å². The molecule has 0 atom stereocenters. The highest BCUT2D eigenvalue weighted by Crippen LogP contribution is 2.45. The van der Waals surface area contributed by atoms with Crippen LogP contribution in [0.25, 0.3) is 0 Å². The number of anilines is 1. The van der Waals surface area contributed by atoms with Crippen LogP contribution in [0.5, 0.6) is 0 Å². The Morgan fingerprint density at radius 2 is 2.00 bits per heavy atom. The molecule has 0 saturated heterocycles. The number of halogens is 1. The molecule has 0 aromatic carbocycles. The maximum Gasteiger partial charge on any atom is 0.256 e. The summed E-state index contributed by atoms with van der Waals surface area (Å²) in [7, 11) is -0.157. The van der Waals surface area contributed by atoms with E-state index < -0.39 is 0 Å². The van der Waals surface area contributed by atoms with Crippen molar-refractivity contribution in [1.29, 1.82) is 0 Å². The van der Waals surface area contributed by atoms with Crippen molar-refractivity contribution in [3.8, 4) is 0 Å². The Morgan fingerprint density at radius 1 is 1.40 bits per heavy atom. The van der Waals surface area contributed by atoms with Crippen LogP contribution >= 0.6 is 19.5 Å². The van der Waals surface area contributed by atoms with Crippen molar-refractivity contribution in [2.24, 2.45) is 0 Å². The molecule has 0 radical (unpaired) electrons. The van der Waals surface area contributed by atoms with Gasteiger partial charge in [-0.15, -0.1) is 0 Å². The molecule has 7 heteroatoms. The smallest absolute Gasteiger partial charge is 0.256 e. The van der Waals surface area contributed by atoms with E-state index in [9.17, 15) is 4.79 Å². The Morgan fingerprint density at radius 3 is 2.50 bits per heavy atom. The summed E-state index contributed by atoms with van der Waals surface area (Å²) < 4.78 is 7.09. The first-order valence-electron chi connectivity index (χ1n) is 6.69. The lowest BCUT2D eigenvalue weighted by Crippen LogP contribution is -2.25. The van der Waals surface area contributed by atoms with Crippen LogP contribution in [0.3, 0.4) is 0 Å². The largest absolute Gasteiger partial charge is 0.375 e. The Hall–Kier alpha value is -0.640. The molecule has 0 aliphatic heterocycles. The molecule has 0 spiro atoms. The average Bonchev–Trinajstić information content (AvgIpc) is 2.30. The standard InChI is InChI=1S/C13H23ClN3O2P/c1-9(2)20(10(3)4)8-19-6-5-17-12(18)7-11(14)16-13(17)15/h7,9-10H,5-6,8H2,1-4H3,(H2,15,16). The zero-order valence-electron chi connectivity index (χ0n) is 12.5. The van der Waals surface area contributed by atoms with Crippen LogP contribution in [0.1, 0.15) is 27.7 Å². The zero-order valence-corrected chi connectivity index (χ0v) is 14.1. The Bertz CT molecular complexity index is 483. The van der Waals surface area contributed by atoms with Gasteiger partial charge in [0.1, 0.15) is 5.15 Å². The van der Waals surface area contributed by atoms with E-state index in [1.807, 2.05) is 0 Å². The summed E-state index contributed by atoms with van der Waals surface area (Å²) in [6, 6.07) is 1.26. The Kier molecular flexibility index (Phi) is 6.93. The van der Waals surface area contributed by atoms with Gasteiger partial charge in [-0.2, -0.15) is 0 Å². The Labute approximate surface area is 126 Å². The van der Waals surface area contributed by atoms with Gasteiger partial charge in [0.15, 0.2) is 0 Å². The lowest BCUT2D eigenvalue weighted by Gasteiger charge is -2.25. The molecule has 0 aliphatic carbocycles. The third kappa shape index (κ3) is 5.04. The summed E-state index contributed by atoms with van der Waals surface area (Å²) in [5.41, 5.74) is 6.70. The molecule has 1 heterocycles. The van der Waals surface area contributed by atoms with Gasteiger partial charge in [0.2, 0.25) is 5.95 Å². The van der Waals surface area contributed by atoms with Gasteiger partial charge < -0.3 is 10.5 Å². The molecule has 1 aromatic rings. The van der Waals surface area contributed by atoms with Crippen molar-refractivity contribution < 1.29 is 4.74 Å². The van der Waals surface area contributed by atoms with E-state index in [0.29, 0.717) is 24.5 Å². The molecule has 0 aliphatic rings. The fourth-order valence-electron chi connectivity index (χ4n) is 1.94. The van der Waals surface area contributed by atoms with Gasteiger partial charge in [0.05, 0.1) is 19.5 Å². The SMILES string of the molecule is CC(C)P(COCCn1c(N)nc(Cl)cc1=O)C(C)C. The molecular weight excluding hydrogens is 297 g/mol. The first-order valence-corrected chi connectivity index (χ1v) is 8.73. The maximum atomic E-state index is 11.7. The van der Waals surface area contributed by atoms with Crippen molar-refractivity contribution in [2.45, 2.75) is 45.6 Å². The van der Waals surface area contributed by atoms with Crippen LogP contribution in [0.2, 0.25) is 5.15 Å².